The SMILES string of the molecule is CC(C)c1ccc(-c2noc(COC(=O)c3sccc3S(=O)(=O)N3CCCC3)n2)cc1. The van der Waals surface area contributed by atoms with Crippen LogP contribution in [0.3, 0.4) is 0 Å². The highest BCUT2D eigenvalue weighted by atomic mass is 32.2. The molecule has 0 amide bonds. The summed E-state index contributed by atoms with van der Waals surface area (Å²) >= 11 is 1.04. The number of benzene rings is 1. The van der Waals surface area contributed by atoms with Crippen molar-refractivity contribution in [2.45, 2.75) is 44.1 Å². The molecule has 0 bridgehead atoms. The van der Waals surface area contributed by atoms with E-state index in [0.717, 1.165) is 29.7 Å². The number of sulfonamides is 1. The molecule has 164 valence electrons. The average Bonchev–Trinajstić information content (AvgIpc) is 3.53. The van der Waals surface area contributed by atoms with E-state index in [0.29, 0.717) is 24.8 Å². The van der Waals surface area contributed by atoms with Crippen LogP contribution in [0.2, 0.25) is 0 Å². The van der Waals surface area contributed by atoms with Crippen LogP contribution in [0.1, 0.15) is 53.7 Å². The van der Waals surface area contributed by atoms with Gasteiger partial charge in [-0.3, -0.25) is 0 Å². The fourth-order valence-corrected chi connectivity index (χ4v) is 6.16. The Morgan fingerprint density at radius 3 is 2.58 bits per heavy atom. The fourth-order valence-electron chi connectivity index (χ4n) is 3.36. The summed E-state index contributed by atoms with van der Waals surface area (Å²) in [6.07, 6.45) is 1.64. The van der Waals surface area contributed by atoms with Gasteiger partial charge in [0.15, 0.2) is 6.61 Å². The van der Waals surface area contributed by atoms with Crippen molar-refractivity contribution in [3.05, 3.63) is 52.0 Å². The van der Waals surface area contributed by atoms with Crippen molar-refractivity contribution in [3.63, 3.8) is 0 Å². The predicted octanol–water partition coefficient (Wildman–Crippen LogP) is 4.06. The van der Waals surface area contributed by atoms with Crippen molar-refractivity contribution < 1.29 is 22.5 Å². The van der Waals surface area contributed by atoms with Crippen LogP contribution in [0, 0.1) is 0 Å². The number of ether oxygens (including phenoxy) is 1. The molecule has 0 aliphatic carbocycles. The molecule has 3 heterocycles. The van der Waals surface area contributed by atoms with Crippen LogP contribution >= 0.6 is 11.3 Å². The third-order valence-electron chi connectivity index (χ3n) is 5.13. The van der Waals surface area contributed by atoms with E-state index < -0.39 is 16.0 Å². The molecule has 10 heteroatoms. The number of nitrogens with zero attached hydrogens (tertiary/aromatic N) is 3. The third-order valence-corrected chi connectivity index (χ3v) is 8.09. The maximum absolute atomic E-state index is 12.8. The predicted molar refractivity (Wildman–Crippen MR) is 115 cm³/mol. The summed E-state index contributed by atoms with van der Waals surface area (Å²) < 4.78 is 37.5. The fraction of sp³-hybridized carbons (Fsp3) is 0.381. The van der Waals surface area contributed by atoms with E-state index in [2.05, 4.69) is 24.0 Å². The van der Waals surface area contributed by atoms with Crippen LogP contribution in [0.25, 0.3) is 11.4 Å². The van der Waals surface area contributed by atoms with Crippen molar-refractivity contribution in [1.82, 2.24) is 14.4 Å². The molecule has 0 saturated carbocycles. The first kappa shape index (κ1) is 21.7. The summed E-state index contributed by atoms with van der Waals surface area (Å²) in [6, 6.07) is 9.29. The zero-order valence-electron chi connectivity index (χ0n) is 17.3. The van der Waals surface area contributed by atoms with Gasteiger partial charge in [0.1, 0.15) is 9.77 Å². The number of carbonyl (C=O) groups excluding carboxylic acids is 1. The Morgan fingerprint density at radius 1 is 1.19 bits per heavy atom. The maximum atomic E-state index is 12.8. The Bertz CT molecular complexity index is 1160. The largest absolute Gasteiger partial charge is 0.451 e. The number of thiophene rings is 1. The second kappa shape index (κ2) is 8.89. The van der Waals surface area contributed by atoms with Gasteiger partial charge >= 0.3 is 5.97 Å². The van der Waals surface area contributed by atoms with Gasteiger partial charge in [0.2, 0.25) is 15.8 Å². The first-order chi connectivity index (χ1) is 14.9. The molecule has 0 spiro atoms. The standard InChI is InChI=1S/C21H23N3O5S2/c1-14(2)15-5-7-16(8-6-15)20-22-18(29-23-20)13-28-21(25)19-17(9-12-30-19)31(26,27)24-10-3-4-11-24/h5-9,12,14H,3-4,10-11,13H2,1-2H3. The van der Waals surface area contributed by atoms with E-state index in [1.807, 2.05) is 24.3 Å². The van der Waals surface area contributed by atoms with Crippen LogP contribution in [0.5, 0.6) is 0 Å². The Balaban J connectivity index is 1.43. The molecule has 1 fully saturated rings. The monoisotopic (exact) mass is 461 g/mol. The lowest BCUT2D eigenvalue weighted by Gasteiger charge is -2.15. The number of esters is 1. The van der Waals surface area contributed by atoms with E-state index in [1.165, 1.54) is 15.9 Å². The molecule has 1 saturated heterocycles. The van der Waals surface area contributed by atoms with Gasteiger partial charge in [-0.25, -0.2) is 13.2 Å². The summed E-state index contributed by atoms with van der Waals surface area (Å²) in [4.78, 5) is 16.9. The molecule has 2 aromatic heterocycles. The summed E-state index contributed by atoms with van der Waals surface area (Å²) in [5.41, 5.74) is 2.00. The molecule has 1 aliphatic heterocycles. The number of aromatic nitrogens is 2. The summed E-state index contributed by atoms with van der Waals surface area (Å²) in [7, 11) is -3.70. The highest BCUT2D eigenvalue weighted by Crippen LogP contribution is 2.28. The van der Waals surface area contributed by atoms with Crippen LogP contribution in [-0.2, 0) is 21.4 Å². The molecule has 31 heavy (non-hydrogen) atoms. The molecule has 0 unspecified atom stereocenters. The number of hydrogen-bond donors (Lipinski definition) is 0. The summed E-state index contributed by atoms with van der Waals surface area (Å²) in [6.45, 7) is 4.93. The number of rotatable bonds is 7. The number of carbonyl (C=O) groups is 1. The molecule has 1 aliphatic rings. The van der Waals surface area contributed by atoms with Gasteiger partial charge in [0.25, 0.3) is 5.89 Å². The molecule has 4 rings (SSSR count). The number of hydrogen-bond acceptors (Lipinski definition) is 8. The van der Waals surface area contributed by atoms with Crippen LogP contribution in [0.15, 0.2) is 45.1 Å². The minimum Gasteiger partial charge on any atom is -0.451 e. The van der Waals surface area contributed by atoms with Crippen molar-refractivity contribution >= 4 is 27.3 Å². The Labute approximate surface area is 184 Å². The van der Waals surface area contributed by atoms with E-state index in [1.54, 1.807) is 5.38 Å². The lowest BCUT2D eigenvalue weighted by molar-refractivity contribution is 0.0431. The Hall–Kier alpha value is -2.56. The first-order valence-corrected chi connectivity index (χ1v) is 12.4. The van der Waals surface area contributed by atoms with Gasteiger partial charge in [0, 0.05) is 18.7 Å². The summed E-state index contributed by atoms with van der Waals surface area (Å²) in [5.74, 6) is 0.228. The quantitative estimate of drug-likeness (QED) is 0.489. The Kier molecular flexibility index (Phi) is 6.22. The van der Waals surface area contributed by atoms with E-state index >= 15 is 0 Å². The second-order valence-corrected chi connectivity index (χ2v) is 10.4. The molecule has 0 atom stereocenters. The van der Waals surface area contributed by atoms with Gasteiger partial charge < -0.3 is 9.26 Å². The van der Waals surface area contributed by atoms with Gasteiger partial charge in [-0.1, -0.05) is 43.3 Å². The molecule has 0 radical (unpaired) electrons. The zero-order chi connectivity index (χ0) is 22.0. The van der Waals surface area contributed by atoms with Crippen molar-refractivity contribution in [3.8, 4) is 11.4 Å². The van der Waals surface area contributed by atoms with E-state index in [9.17, 15) is 13.2 Å². The first-order valence-electron chi connectivity index (χ1n) is 10.0. The van der Waals surface area contributed by atoms with Gasteiger partial charge in [-0.05, 0) is 35.8 Å². The smallest absolute Gasteiger partial charge is 0.350 e. The summed E-state index contributed by atoms with van der Waals surface area (Å²) in [5, 5.41) is 5.51. The minimum atomic E-state index is -3.70. The van der Waals surface area contributed by atoms with Crippen molar-refractivity contribution in [1.29, 1.82) is 0 Å². The van der Waals surface area contributed by atoms with Gasteiger partial charge in [0.05, 0.1) is 0 Å². The van der Waals surface area contributed by atoms with Crippen molar-refractivity contribution in [2.75, 3.05) is 13.1 Å². The molecule has 3 aromatic rings. The topological polar surface area (TPSA) is 103 Å². The lowest BCUT2D eigenvalue weighted by Crippen LogP contribution is -2.28. The molecular weight excluding hydrogens is 438 g/mol. The highest BCUT2D eigenvalue weighted by Gasteiger charge is 2.32. The molecular formula is C21H23N3O5S2. The third kappa shape index (κ3) is 4.56. The zero-order valence-corrected chi connectivity index (χ0v) is 18.9. The molecule has 8 nitrogen and oxygen atoms in total. The average molecular weight is 462 g/mol. The highest BCUT2D eigenvalue weighted by molar-refractivity contribution is 7.89. The van der Waals surface area contributed by atoms with Crippen LogP contribution in [0.4, 0.5) is 0 Å². The van der Waals surface area contributed by atoms with Gasteiger partial charge in [-0.15, -0.1) is 11.3 Å². The van der Waals surface area contributed by atoms with Crippen LogP contribution < -0.4 is 0 Å². The van der Waals surface area contributed by atoms with E-state index in [-0.39, 0.29) is 22.3 Å². The molecule has 0 N–H and O–H groups in total. The van der Waals surface area contributed by atoms with Crippen molar-refractivity contribution in [2.24, 2.45) is 0 Å². The van der Waals surface area contributed by atoms with Gasteiger partial charge in [-0.2, -0.15) is 9.29 Å². The normalized spacial score (nSPS) is 14.9. The minimum absolute atomic E-state index is 0.0131. The maximum Gasteiger partial charge on any atom is 0.350 e. The Morgan fingerprint density at radius 2 is 1.90 bits per heavy atom. The lowest BCUT2D eigenvalue weighted by atomic mass is 10.0. The second-order valence-electron chi connectivity index (χ2n) is 7.59. The van der Waals surface area contributed by atoms with E-state index in [4.69, 9.17) is 9.26 Å². The van der Waals surface area contributed by atoms with Crippen LogP contribution in [-0.4, -0.2) is 41.9 Å². The molecule has 1 aromatic carbocycles.